The first-order chi connectivity index (χ1) is 13.4. The second-order valence-electron chi connectivity index (χ2n) is 5.90. The fourth-order valence-corrected chi connectivity index (χ4v) is 2.49. The van der Waals surface area contributed by atoms with Gasteiger partial charge in [-0.15, -0.1) is 0 Å². The summed E-state index contributed by atoms with van der Waals surface area (Å²) in [4.78, 5) is 35.0. The number of rotatable bonds is 10. The molecule has 4 N–H and O–H groups in total. The first-order valence-corrected chi connectivity index (χ1v) is 8.66. The minimum absolute atomic E-state index is 0.205. The first-order valence-electron chi connectivity index (χ1n) is 8.66. The van der Waals surface area contributed by atoms with Crippen LogP contribution in [-0.2, 0) is 16.0 Å². The summed E-state index contributed by atoms with van der Waals surface area (Å²) < 4.78 is 10.6. The molecule has 0 saturated carbocycles. The largest absolute Gasteiger partial charge is 0.490 e. The second-order valence-corrected chi connectivity index (χ2v) is 5.90. The molecule has 2 aromatic rings. The SMILES string of the molecule is CCOc1cc(C(=O)NC(Cc2ccccc2)C(N)=O)ccc1OCC(=O)O. The predicted octanol–water partition coefficient (Wildman–Crippen LogP) is 1.38. The van der Waals surface area contributed by atoms with Gasteiger partial charge in [-0.25, -0.2) is 4.79 Å². The molecule has 8 nitrogen and oxygen atoms in total. The van der Waals surface area contributed by atoms with Crippen molar-refractivity contribution in [3.05, 3.63) is 59.7 Å². The molecule has 0 spiro atoms. The molecule has 0 bridgehead atoms. The fraction of sp³-hybridized carbons (Fsp3) is 0.250. The van der Waals surface area contributed by atoms with Crippen LogP contribution in [0.2, 0.25) is 0 Å². The number of amides is 2. The summed E-state index contributed by atoms with van der Waals surface area (Å²) in [7, 11) is 0. The molecule has 0 aliphatic rings. The number of carbonyl (C=O) groups is 3. The van der Waals surface area contributed by atoms with E-state index >= 15 is 0 Å². The smallest absolute Gasteiger partial charge is 0.341 e. The summed E-state index contributed by atoms with van der Waals surface area (Å²) in [5, 5.41) is 11.4. The van der Waals surface area contributed by atoms with Gasteiger partial charge in [-0.1, -0.05) is 30.3 Å². The number of benzene rings is 2. The molecular formula is C20H22N2O6. The van der Waals surface area contributed by atoms with Crippen molar-refractivity contribution in [1.29, 1.82) is 0 Å². The van der Waals surface area contributed by atoms with Crippen molar-refractivity contribution < 1.29 is 29.0 Å². The van der Waals surface area contributed by atoms with Crippen LogP contribution >= 0.6 is 0 Å². The van der Waals surface area contributed by atoms with E-state index in [0.717, 1.165) is 5.56 Å². The van der Waals surface area contributed by atoms with Gasteiger partial charge in [-0.05, 0) is 30.7 Å². The monoisotopic (exact) mass is 386 g/mol. The average Bonchev–Trinajstić information content (AvgIpc) is 2.67. The Kier molecular flexibility index (Phi) is 7.38. The number of aliphatic carboxylic acids is 1. The van der Waals surface area contributed by atoms with E-state index in [1.807, 2.05) is 30.3 Å². The number of primary amides is 1. The second kappa shape index (κ2) is 9.96. The Morgan fingerprint density at radius 1 is 1.07 bits per heavy atom. The third-order valence-corrected chi connectivity index (χ3v) is 3.79. The van der Waals surface area contributed by atoms with Crippen molar-refractivity contribution in [2.24, 2.45) is 5.73 Å². The molecule has 28 heavy (non-hydrogen) atoms. The van der Waals surface area contributed by atoms with Crippen molar-refractivity contribution in [3.63, 3.8) is 0 Å². The van der Waals surface area contributed by atoms with E-state index in [2.05, 4.69) is 5.32 Å². The van der Waals surface area contributed by atoms with Crippen molar-refractivity contribution >= 4 is 17.8 Å². The van der Waals surface area contributed by atoms with Crippen LogP contribution in [-0.4, -0.2) is 42.1 Å². The standard InChI is InChI=1S/C20H22N2O6/c1-2-27-17-11-14(8-9-16(17)28-12-18(23)24)20(26)22-15(19(21)25)10-13-6-4-3-5-7-13/h3-9,11,15H,2,10,12H2,1H3,(H2,21,25)(H,22,26)(H,23,24). The van der Waals surface area contributed by atoms with Gasteiger partial charge in [-0.3, -0.25) is 9.59 Å². The Balaban J connectivity index is 2.15. The van der Waals surface area contributed by atoms with Crippen LogP contribution in [0.5, 0.6) is 11.5 Å². The number of carboxylic acid groups (broad SMARTS) is 1. The van der Waals surface area contributed by atoms with Gasteiger partial charge in [0, 0.05) is 12.0 Å². The van der Waals surface area contributed by atoms with E-state index in [0.29, 0.717) is 6.61 Å². The van der Waals surface area contributed by atoms with Gasteiger partial charge >= 0.3 is 5.97 Å². The molecule has 0 fully saturated rings. The lowest BCUT2D eigenvalue weighted by Crippen LogP contribution is -2.45. The summed E-state index contributed by atoms with van der Waals surface area (Å²) in [5.41, 5.74) is 6.51. The zero-order chi connectivity index (χ0) is 20.5. The van der Waals surface area contributed by atoms with E-state index in [9.17, 15) is 14.4 Å². The zero-order valence-corrected chi connectivity index (χ0v) is 15.4. The van der Waals surface area contributed by atoms with Crippen LogP contribution in [0, 0.1) is 0 Å². The summed E-state index contributed by atoms with van der Waals surface area (Å²) in [6.07, 6.45) is 0.264. The molecule has 0 aromatic heterocycles. The van der Waals surface area contributed by atoms with E-state index < -0.39 is 30.4 Å². The molecule has 1 unspecified atom stereocenters. The van der Waals surface area contributed by atoms with Crippen LogP contribution in [0.15, 0.2) is 48.5 Å². The topological polar surface area (TPSA) is 128 Å². The Labute approximate surface area is 162 Å². The minimum atomic E-state index is -1.13. The summed E-state index contributed by atoms with van der Waals surface area (Å²) in [5.74, 6) is -1.85. The Bertz CT molecular complexity index is 838. The number of hydrogen-bond acceptors (Lipinski definition) is 5. The van der Waals surface area contributed by atoms with Gasteiger partial charge in [0.05, 0.1) is 6.61 Å². The number of nitrogens with one attached hydrogen (secondary N) is 1. The van der Waals surface area contributed by atoms with Gasteiger partial charge in [-0.2, -0.15) is 0 Å². The van der Waals surface area contributed by atoms with E-state index in [1.165, 1.54) is 18.2 Å². The number of carbonyl (C=O) groups excluding carboxylic acids is 2. The third kappa shape index (κ3) is 6.01. The van der Waals surface area contributed by atoms with Crippen LogP contribution in [0.25, 0.3) is 0 Å². The van der Waals surface area contributed by atoms with Gasteiger partial charge in [0.2, 0.25) is 5.91 Å². The summed E-state index contributed by atoms with van der Waals surface area (Å²) in [6.45, 7) is 1.51. The Hall–Kier alpha value is -3.55. The number of carboxylic acids is 1. The Morgan fingerprint density at radius 2 is 1.79 bits per heavy atom. The molecule has 148 valence electrons. The van der Waals surface area contributed by atoms with Crippen LogP contribution < -0.4 is 20.5 Å². The van der Waals surface area contributed by atoms with E-state index in [4.69, 9.17) is 20.3 Å². The molecule has 2 amide bonds. The van der Waals surface area contributed by atoms with Crippen LogP contribution in [0.4, 0.5) is 0 Å². The molecular weight excluding hydrogens is 364 g/mol. The summed E-state index contributed by atoms with van der Waals surface area (Å²) >= 11 is 0. The van der Waals surface area contributed by atoms with Crippen molar-refractivity contribution in [1.82, 2.24) is 5.32 Å². The highest BCUT2D eigenvalue weighted by atomic mass is 16.5. The number of hydrogen-bond donors (Lipinski definition) is 3. The van der Waals surface area contributed by atoms with E-state index in [1.54, 1.807) is 6.92 Å². The van der Waals surface area contributed by atoms with E-state index in [-0.39, 0.29) is 23.5 Å². The number of ether oxygens (including phenoxy) is 2. The highest BCUT2D eigenvalue weighted by Crippen LogP contribution is 2.28. The van der Waals surface area contributed by atoms with Crippen LogP contribution in [0.1, 0.15) is 22.8 Å². The molecule has 1 atom stereocenters. The fourth-order valence-electron chi connectivity index (χ4n) is 2.49. The molecule has 0 saturated heterocycles. The Morgan fingerprint density at radius 3 is 2.39 bits per heavy atom. The quantitative estimate of drug-likeness (QED) is 0.566. The molecule has 0 aliphatic heterocycles. The van der Waals surface area contributed by atoms with Crippen molar-refractivity contribution in [3.8, 4) is 11.5 Å². The lowest BCUT2D eigenvalue weighted by molar-refractivity contribution is -0.139. The molecule has 8 heteroatoms. The van der Waals surface area contributed by atoms with Crippen molar-refractivity contribution in [2.45, 2.75) is 19.4 Å². The lowest BCUT2D eigenvalue weighted by atomic mass is 10.0. The predicted molar refractivity (Wildman–Crippen MR) is 101 cm³/mol. The molecule has 0 radical (unpaired) electrons. The number of nitrogens with two attached hydrogens (primary N) is 1. The zero-order valence-electron chi connectivity index (χ0n) is 15.4. The maximum Gasteiger partial charge on any atom is 0.341 e. The van der Waals surface area contributed by atoms with Gasteiger partial charge in [0.15, 0.2) is 18.1 Å². The molecule has 2 aromatic carbocycles. The van der Waals surface area contributed by atoms with Crippen molar-refractivity contribution in [2.75, 3.05) is 13.2 Å². The average molecular weight is 386 g/mol. The lowest BCUT2D eigenvalue weighted by Gasteiger charge is -2.17. The first kappa shape index (κ1) is 20.8. The maximum atomic E-state index is 12.6. The molecule has 0 heterocycles. The minimum Gasteiger partial charge on any atom is -0.490 e. The van der Waals surface area contributed by atoms with Gasteiger partial charge in [0.25, 0.3) is 5.91 Å². The van der Waals surface area contributed by atoms with Crippen LogP contribution in [0.3, 0.4) is 0 Å². The third-order valence-electron chi connectivity index (χ3n) is 3.79. The van der Waals surface area contributed by atoms with Gasteiger partial charge in [0.1, 0.15) is 6.04 Å². The normalized spacial score (nSPS) is 11.3. The highest BCUT2D eigenvalue weighted by molar-refractivity contribution is 5.97. The summed E-state index contributed by atoms with van der Waals surface area (Å²) in [6, 6.07) is 12.6. The highest BCUT2D eigenvalue weighted by Gasteiger charge is 2.20. The molecule has 2 rings (SSSR count). The molecule has 0 aliphatic carbocycles. The van der Waals surface area contributed by atoms with Gasteiger partial charge < -0.3 is 25.6 Å². The maximum absolute atomic E-state index is 12.6.